The summed E-state index contributed by atoms with van der Waals surface area (Å²) >= 11 is 0. The van der Waals surface area contributed by atoms with Crippen LogP contribution >= 0.6 is 0 Å². The van der Waals surface area contributed by atoms with E-state index in [0.29, 0.717) is 0 Å². The van der Waals surface area contributed by atoms with Crippen LogP contribution in [0.1, 0.15) is 0 Å². The van der Waals surface area contributed by atoms with Crippen LogP contribution in [0.2, 0.25) is 0 Å². The molecule has 0 unspecified atom stereocenters. The zero-order chi connectivity index (χ0) is 30.3. The van der Waals surface area contributed by atoms with Gasteiger partial charge in [0.15, 0.2) is 0 Å². The monoisotopic (exact) mass is 774 g/mol. The predicted molar refractivity (Wildman–Crippen MR) is 184 cm³/mol. The topological polar surface area (TPSA) is 35.5 Å². The molecule has 2 aromatic heterocycles. The zero-order valence-corrected chi connectivity index (χ0v) is 27.1. The maximum Gasteiger partial charge on any atom is 2.00 e. The first-order valence-electron chi connectivity index (χ1n) is 14.8. The van der Waals surface area contributed by atoms with E-state index >= 15 is 0 Å². The van der Waals surface area contributed by atoms with Crippen molar-refractivity contribution < 1.29 is 21.1 Å². The molecule has 0 aliphatic heterocycles. The Hall–Kier alpha value is -5.51. The van der Waals surface area contributed by atoms with Crippen LogP contribution < -0.4 is 14.7 Å². The van der Waals surface area contributed by atoms with Crippen molar-refractivity contribution in [2.75, 3.05) is 14.7 Å². The smallest absolute Gasteiger partial charge is 0.319 e. The normalized spacial score (nSPS) is 10.4. The van der Waals surface area contributed by atoms with E-state index in [0.717, 1.165) is 51.6 Å². The summed E-state index contributed by atoms with van der Waals surface area (Å²) in [5, 5.41) is 0. The Morgan fingerprint density at radius 1 is 0.391 bits per heavy atom. The van der Waals surface area contributed by atoms with E-state index in [1.54, 1.807) is 0 Å². The van der Waals surface area contributed by atoms with Crippen molar-refractivity contribution in [3.05, 3.63) is 188 Å². The minimum absolute atomic E-state index is 0. The van der Waals surface area contributed by atoms with Crippen molar-refractivity contribution in [1.29, 1.82) is 0 Å². The van der Waals surface area contributed by atoms with Gasteiger partial charge in [-0.3, -0.25) is 0 Å². The number of pyridine rings is 2. The predicted octanol–water partition coefficient (Wildman–Crippen LogP) is 10.5. The maximum absolute atomic E-state index is 5.26. The molecule has 7 aromatic rings. The standard InChI is InChI=1S/C40H29N5.Pt/c1-5-17-32(18-6-1)43(33-19-7-2-8-20-33)39-28-16-29-40(42-39)45(35-23-11-4-12-24-35)37-26-15-25-36(31-37)44(34-21-9-3-10-22-34)38-27-13-14-30-41-38;/h1-19,21-30H;/q-2;+2. The molecular formula is C40H29N5Pt. The number of hydrogen-bond donors (Lipinski definition) is 0. The number of nitrogens with zero attached hydrogens (tertiary/aromatic N) is 5. The molecule has 5 aromatic carbocycles. The fourth-order valence-electron chi connectivity index (χ4n) is 5.29. The molecule has 224 valence electrons. The van der Waals surface area contributed by atoms with Gasteiger partial charge < -0.3 is 14.7 Å². The number of hydrogen-bond acceptors (Lipinski definition) is 5. The summed E-state index contributed by atoms with van der Waals surface area (Å²) in [4.78, 5) is 16.3. The summed E-state index contributed by atoms with van der Waals surface area (Å²) in [5.74, 6) is 2.34. The molecule has 7 rings (SSSR count). The van der Waals surface area contributed by atoms with Crippen LogP contribution in [0.15, 0.2) is 176 Å². The molecule has 0 bridgehead atoms. The minimum Gasteiger partial charge on any atom is -0.319 e. The van der Waals surface area contributed by atoms with Crippen LogP contribution in [0.5, 0.6) is 0 Å². The number of benzene rings is 5. The van der Waals surface area contributed by atoms with Gasteiger partial charge in [0, 0.05) is 23.3 Å². The number of para-hydroxylation sites is 4. The summed E-state index contributed by atoms with van der Waals surface area (Å²) in [6, 6.07) is 64.0. The third kappa shape index (κ3) is 6.61. The van der Waals surface area contributed by atoms with Crippen molar-refractivity contribution in [3.63, 3.8) is 0 Å². The summed E-state index contributed by atoms with van der Waals surface area (Å²) in [5.41, 5.74) is 5.57. The van der Waals surface area contributed by atoms with Crippen LogP contribution in [-0.4, -0.2) is 9.97 Å². The Kier molecular flexibility index (Phi) is 9.63. The number of aromatic nitrogens is 2. The van der Waals surface area contributed by atoms with Crippen molar-refractivity contribution in [2.45, 2.75) is 0 Å². The van der Waals surface area contributed by atoms with E-state index < -0.39 is 0 Å². The van der Waals surface area contributed by atoms with Gasteiger partial charge in [0.2, 0.25) is 0 Å². The van der Waals surface area contributed by atoms with Crippen LogP contribution in [0.3, 0.4) is 0 Å². The van der Waals surface area contributed by atoms with E-state index in [1.807, 2.05) is 121 Å². The maximum atomic E-state index is 5.26. The Bertz CT molecular complexity index is 1750. The molecule has 0 aliphatic rings. The van der Waals surface area contributed by atoms with Crippen LogP contribution in [0, 0.1) is 12.1 Å². The number of anilines is 9. The summed E-state index contributed by atoms with van der Waals surface area (Å²) in [6.45, 7) is 0. The van der Waals surface area contributed by atoms with Crippen molar-refractivity contribution in [1.82, 2.24) is 9.97 Å². The third-order valence-electron chi connectivity index (χ3n) is 7.28. The fourth-order valence-corrected chi connectivity index (χ4v) is 5.29. The molecule has 0 atom stereocenters. The Balaban J connectivity index is 0.00000372. The summed E-state index contributed by atoms with van der Waals surface area (Å²) < 4.78 is 0. The van der Waals surface area contributed by atoms with Gasteiger partial charge in [-0.05, 0) is 60.7 Å². The average Bonchev–Trinajstić information content (AvgIpc) is 3.12. The number of rotatable bonds is 9. The van der Waals surface area contributed by atoms with Crippen LogP contribution in [-0.2, 0) is 21.1 Å². The SMILES string of the molecule is [Pt+2].[c-]1ccccc1N(c1ccccc1)c1cccc(N(c2[c-]c(N(c3ccccc3)c3ccccn3)ccc2)c2ccccc2)n1. The molecule has 46 heavy (non-hydrogen) atoms. The second-order valence-corrected chi connectivity index (χ2v) is 10.2. The molecule has 6 heteroatoms. The Morgan fingerprint density at radius 3 is 1.33 bits per heavy atom. The van der Waals surface area contributed by atoms with Gasteiger partial charge in [-0.15, -0.1) is 24.3 Å². The first-order valence-corrected chi connectivity index (χ1v) is 14.8. The molecule has 0 radical (unpaired) electrons. The van der Waals surface area contributed by atoms with E-state index in [1.165, 1.54) is 0 Å². The molecule has 0 saturated heterocycles. The molecule has 2 heterocycles. The van der Waals surface area contributed by atoms with Crippen molar-refractivity contribution in [2.24, 2.45) is 0 Å². The van der Waals surface area contributed by atoms with Crippen LogP contribution in [0.25, 0.3) is 0 Å². The van der Waals surface area contributed by atoms with E-state index in [2.05, 4.69) is 86.4 Å². The van der Waals surface area contributed by atoms with Gasteiger partial charge >= 0.3 is 21.1 Å². The third-order valence-corrected chi connectivity index (χ3v) is 7.28. The second kappa shape index (κ2) is 14.5. The molecule has 0 N–H and O–H groups in total. The van der Waals surface area contributed by atoms with Gasteiger partial charge in [0.25, 0.3) is 0 Å². The minimum atomic E-state index is 0. The van der Waals surface area contributed by atoms with Gasteiger partial charge in [-0.25, -0.2) is 9.97 Å². The molecule has 0 spiro atoms. The molecule has 0 amide bonds. The first kappa shape index (κ1) is 30.5. The van der Waals surface area contributed by atoms with Crippen molar-refractivity contribution in [3.8, 4) is 0 Å². The van der Waals surface area contributed by atoms with Gasteiger partial charge in [-0.2, -0.15) is 30.3 Å². The van der Waals surface area contributed by atoms with E-state index in [9.17, 15) is 0 Å². The Morgan fingerprint density at radius 2 is 0.826 bits per heavy atom. The average molecular weight is 775 g/mol. The van der Waals surface area contributed by atoms with Gasteiger partial charge in [-0.1, -0.05) is 83.8 Å². The van der Waals surface area contributed by atoms with Gasteiger partial charge in [0.05, 0.1) is 0 Å². The Labute approximate surface area is 284 Å². The van der Waals surface area contributed by atoms with E-state index in [-0.39, 0.29) is 21.1 Å². The molecular weight excluding hydrogens is 746 g/mol. The fraction of sp³-hybridized carbons (Fsp3) is 0. The second-order valence-electron chi connectivity index (χ2n) is 10.2. The first-order chi connectivity index (χ1) is 22.3. The molecule has 0 fully saturated rings. The zero-order valence-electron chi connectivity index (χ0n) is 24.8. The summed E-state index contributed by atoms with van der Waals surface area (Å²) in [7, 11) is 0. The van der Waals surface area contributed by atoms with Crippen molar-refractivity contribution >= 4 is 51.6 Å². The van der Waals surface area contributed by atoms with E-state index in [4.69, 9.17) is 4.98 Å². The van der Waals surface area contributed by atoms with Crippen LogP contribution in [0.4, 0.5) is 51.6 Å². The molecule has 0 aliphatic carbocycles. The largest absolute Gasteiger partial charge is 2.00 e. The molecule has 0 saturated carbocycles. The quantitative estimate of drug-likeness (QED) is 0.137. The summed E-state index contributed by atoms with van der Waals surface area (Å²) in [6.07, 6.45) is 1.81. The van der Waals surface area contributed by atoms with Gasteiger partial charge in [0.1, 0.15) is 17.5 Å². The molecule has 5 nitrogen and oxygen atoms in total.